The molecule has 0 amide bonds. The summed E-state index contributed by atoms with van der Waals surface area (Å²) in [7, 11) is -0.255. The first-order valence-electron chi connectivity index (χ1n) is 8.22. The Hall–Kier alpha value is -0.795. The molecule has 1 saturated heterocycles. The van der Waals surface area contributed by atoms with Crippen molar-refractivity contribution in [1.82, 2.24) is 0 Å². The van der Waals surface area contributed by atoms with Crippen molar-refractivity contribution < 1.29 is 9.31 Å². The number of hydrogen-bond donors (Lipinski definition) is 0. The van der Waals surface area contributed by atoms with Gasteiger partial charge in [-0.15, -0.1) is 0 Å². The highest BCUT2D eigenvalue weighted by molar-refractivity contribution is 6.62. The van der Waals surface area contributed by atoms with Crippen LogP contribution in [-0.2, 0) is 9.31 Å². The second-order valence-corrected chi connectivity index (χ2v) is 7.30. The molecule has 0 bridgehead atoms. The van der Waals surface area contributed by atoms with E-state index in [1.807, 2.05) is 0 Å². The monoisotopic (exact) mass is 288 g/mol. The van der Waals surface area contributed by atoms with Gasteiger partial charge in [0, 0.05) is 0 Å². The molecule has 21 heavy (non-hydrogen) atoms. The van der Waals surface area contributed by atoms with Crippen molar-refractivity contribution in [1.29, 1.82) is 0 Å². The highest BCUT2D eigenvalue weighted by Crippen LogP contribution is 2.36. The Morgan fingerprint density at radius 1 is 1.00 bits per heavy atom. The fourth-order valence-electron chi connectivity index (χ4n) is 2.64. The van der Waals surface area contributed by atoms with Gasteiger partial charge >= 0.3 is 7.12 Å². The quantitative estimate of drug-likeness (QED) is 0.753. The third-order valence-corrected chi connectivity index (χ3v) is 5.02. The van der Waals surface area contributed by atoms with E-state index in [1.165, 1.54) is 24.8 Å². The Morgan fingerprint density at radius 3 is 2.00 bits per heavy atom. The van der Waals surface area contributed by atoms with Crippen molar-refractivity contribution in [3.05, 3.63) is 29.8 Å². The van der Waals surface area contributed by atoms with Crippen molar-refractivity contribution in [2.45, 2.75) is 77.9 Å². The maximum absolute atomic E-state index is 6.09. The number of unbranched alkanes of at least 4 members (excludes halogenated alkanes) is 1. The molecular formula is C18H29BO2. The summed E-state index contributed by atoms with van der Waals surface area (Å²) in [4.78, 5) is 0. The molecule has 3 heteroatoms. The molecule has 1 fully saturated rings. The third-order valence-electron chi connectivity index (χ3n) is 5.02. The highest BCUT2D eigenvalue weighted by Gasteiger charge is 2.51. The second-order valence-electron chi connectivity index (χ2n) is 7.30. The summed E-state index contributed by atoms with van der Waals surface area (Å²) in [6.07, 6.45) is 3.81. The van der Waals surface area contributed by atoms with Gasteiger partial charge in [-0.05, 0) is 51.1 Å². The smallest absolute Gasteiger partial charge is 0.399 e. The van der Waals surface area contributed by atoms with Gasteiger partial charge in [0.25, 0.3) is 0 Å². The molecular weight excluding hydrogens is 259 g/mol. The maximum atomic E-state index is 6.09. The molecule has 1 atom stereocenters. The predicted octanol–water partition coefficient (Wildman–Crippen LogP) is 4.28. The van der Waals surface area contributed by atoms with Gasteiger partial charge in [0.15, 0.2) is 0 Å². The highest BCUT2D eigenvalue weighted by atomic mass is 16.7. The van der Waals surface area contributed by atoms with Crippen LogP contribution in [0, 0.1) is 0 Å². The molecule has 2 rings (SSSR count). The van der Waals surface area contributed by atoms with Crippen molar-refractivity contribution in [2.75, 3.05) is 0 Å². The van der Waals surface area contributed by atoms with Gasteiger partial charge in [0.1, 0.15) is 0 Å². The Morgan fingerprint density at radius 2 is 1.52 bits per heavy atom. The van der Waals surface area contributed by atoms with E-state index >= 15 is 0 Å². The van der Waals surface area contributed by atoms with Crippen LogP contribution in [0.1, 0.15) is 72.3 Å². The molecule has 1 aliphatic rings. The lowest BCUT2D eigenvalue weighted by Crippen LogP contribution is -2.41. The van der Waals surface area contributed by atoms with E-state index in [0.717, 1.165) is 5.46 Å². The zero-order valence-corrected chi connectivity index (χ0v) is 14.4. The average molecular weight is 288 g/mol. The van der Waals surface area contributed by atoms with E-state index in [9.17, 15) is 0 Å². The van der Waals surface area contributed by atoms with E-state index in [0.29, 0.717) is 5.92 Å². The molecule has 116 valence electrons. The Balaban J connectivity index is 2.07. The Bertz CT molecular complexity index is 449. The molecule has 0 saturated carbocycles. The lowest BCUT2D eigenvalue weighted by atomic mass is 9.78. The van der Waals surface area contributed by atoms with Crippen molar-refractivity contribution in [3.8, 4) is 0 Å². The van der Waals surface area contributed by atoms with E-state index < -0.39 is 0 Å². The lowest BCUT2D eigenvalue weighted by molar-refractivity contribution is 0.00578. The normalized spacial score (nSPS) is 21.5. The first kappa shape index (κ1) is 16.6. The topological polar surface area (TPSA) is 18.5 Å². The van der Waals surface area contributed by atoms with Gasteiger partial charge in [-0.1, -0.05) is 51.0 Å². The molecule has 1 aliphatic heterocycles. The fraction of sp³-hybridized carbons (Fsp3) is 0.667. The number of benzene rings is 1. The van der Waals surface area contributed by atoms with Crippen LogP contribution in [0.15, 0.2) is 24.3 Å². The number of rotatable bonds is 5. The summed E-state index contributed by atoms with van der Waals surface area (Å²) >= 11 is 0. The first-order valence-corrected chi connectivity index (χ1v) is 8.22. The van der Waals surface area contributed by atoms with Crippen molar-refractivity contribution in [2.24, 2.45) is 0 Å². The van der Waals surface area contributed by atoms with E-state index in [2.05, 4.69) is 65.8 Å². The molecule has 1 aromatic carbocycles. The molecule has 1 aromatic rings. The SMILES string of the molecule is CCCCC(C)c1ccc(B2OC(C)(C)C(C)(C)O2)cc1. The standard InChI is InChI=1S/C18H29BO2/c1-7-8-9-14(2)15-10-12-16(13-11-15)19-20-17(3,4)18(5,6)21-19/h10-14H,7-9H2,1-6H3. The molecule has 0 radical (unpaired) electrons. The summed E-state index contributed by atoms with van der Waals surface area (Å²) in [6, 6.07) is 8.75. The molecule has 1 heterocycles. The van der Waals surface area contributed by atoms with E-state index in [4.69, 9.17) is 9.31 Å². The summed E-state index contributed by atoms with van der Waals surface area (Å²) < 4.78 is 12.2. The van der Waals surface area contributed by atoms with Crippen LogP contribution < -0.4 is 5.46 Å². The number of hydrogen-bond acceptors (Lipinski definition) is 2. The summed E-state index contributed by atoms with van der Waals surface area (Å²) in [5.74, 6) is 0.622. The minimum atomic E-state index is -0.273. The minimum absolute atomic E-state index is 0.255. The summed E-state index contributed by atoms with van der Waals surface area (Å²) in [5, 5.41) is 0. The van der Waals surface area contributed by atoms with Crippen LogP contribution in [0.4, 0.5) is 0 Å². The largest absolute Gasteiger partial charge is 0.494 e. The van der Waals surface area contributed by atoms with Gasteiger partial charge in [0.2, 0.25) is 0 Å². The lowest BCUT2D eigenvalue weighted by Gasteiger charge is -2.32. The van der Waals surface area contributed by atoms with Gasteiger partial charge in [-0.25, -0.2) is 0 Å². The minimum Gasteiger partial charge on any atom is -0.399 e. The van der Waals surface area contributed by atoms with E-state index in [-0.39, 0.29) is 18.3 Å². The zero-order valence-electron chi connectivity index (χ0n) is 14.4. The van der Waals surface area contributed by atoms with Gasteiger partial charge in [0.05, 0.1) is 11.2 Å². The second kappa shape index (κ2) is 6.14. The van der Waals surface area contributed by atoms with Gasteiger partial charge < -0.3 is 9.31 Å². The van der Waals surface area contributed by atoms with Crippen LogP contribution in [0.25, 0.3) is 0 Å². The van der Waals surface area contributed by atoms with Crippen LogP contribution in [0.5, 0.6) is 0 Å². The summed E-state index contributed by atoms with van der Waals surface area (Å²) in [5.41, 5.74) is 1.97. The van der Waals surface area contributed by atoms with Gasteiger partial charge in [-0.3, -0.25) is 0 Å². The summed E-state index contributed by atoms with van der Waals surface area (Å²) in [6.45, 7) is 12.9. The van der Waals surface area contributed by atoms with Crippen molar-refractivity contribution >= 4 is 12.6 Å². The van der Waals surface area contributed by atoms with Crippen LogP contribution in [-0.4, -0.2) is 18.3 Å². The van der Waals surface area contributed by atoms with Crippen LogP contribution >= 0.6 is 0 Å². The van der Waals surface area contributed by atoms with Crippen LogP contribution in [0.3, 0.4) is 0 Å². The predicted molar refractivity (Wildman–Crippen MR) is 90.1 cm³/mol. The molecule has 0 aliphatic carbocycles. The molecule has 0 aromatic heterocycles. The average Bonchev–Trinajstić information content (AvgIpc) is 2.65. The molecule has 0 N–H and O–H groups in total. The van der Waals surface area contributed by atoms with Gasteiger partial charge in [-0.2, -0.15) is 0 Å². The first-order chi connectivity index (χ1) is 9.77. The Labute approximate surface area is 130 Å². The zero-order chi connectivity index (χ0) is 15.7. The Kier molecular flexibility index (Phi) is 4.84. The third kappa shape index (κ3) is 3.52. The molecule has 1 unspecified atom stereocenters. The fourth-order valence-corrected chi connectivity index (χ4v) is 2.64. The molecule has 2 nitrogen and oxygen atoms in total. The maximum Gasteiger partial charge on any atom is 0.494 e. The van der Waals surface area contributed by atoms with Crippen molar-refractivity contribution in [3.63, 3.8) is 0 Å². The van der Waals surface area contributed by atoms with Crippen LogP contribution in [0.2, 0.25) is 0 Å². The van der Waals surface area contributed by atoms with E-state index in [1.54, 1.807) is 0 Å². The molecule has 0 spiro atoms.